The number of aryl methyl sites for hydroxylation is 2. The molecule has 3 aliphatic heterocycles. The molecule has 0 radical (unpaired) electrons. The lowest BCUT2D eigenvalue weighted by Gasteiger charge is -2.40. The van der Waals surface area contributed by atoms with E-state index in [1.54, 1.807) is 18.3 Å². The molecule has 4 heterocycles. The van der Waals surface area contributed by atoms with E-state index in [0.717, 1.165) is 24.0 Å². The van der Waals surface area contributed by atoms with Crippen molar-refractivity contribution in [3.05, 3.63) is 65.0 Å². The van der Waals surface area contributed by atoms with Crippen LogP contribution in [0.1, 0.15) is 52.9 Å². The summed E-state index contributed by atoms with van der Waals surface area (Å²) >= 11 is 0. The number of piperidine rings is 1. The Bertz CT molecular complexity index is 1120. The van der Waals surface area contributed by atoms with Crippen molar-refractivity contribution < 1.29 is 19.1 Å². The first-order chi connectivity index (χ1) is 16.9. The van der Waals surface area contributed by atoms with Crippen LogP contribution in [0.3, 0.4) is 0 Å². The molecule has 0 bridgehead atoms. The molecule has 2 atom stereocenters. The number of nitrogens with one attached hydrogen (secondary N) is 1. The Balaban J connectivity index is 1.38. The molecule has 184 valence electrons. The number of pyridine rings is 1. The van der Waals surface area contributed by atoms with Gasteiger partial charge in [-0.25, -0.2) is 4.79 Å². The monoisotopic (exact) mass is 476 g/mol. The summed E-state index contributed by atoms with van der Waals surface area (Å²) in [6.07, 6.45) is 4.48. The molecule has 0 spiro atoms. The van der Waals surface area contributed by atoms with Crippen molar-refractivity contribution in [3.8, 4) is 0 Å². The maximum Gasteiger partial charge on any atom is 0.325 e. The van der Waals surface area contributed by atoms with E-state index in [1.807, 2.05) is 43.0 Å². The second-order valence-corrected chi connectivity index (χ2v) is 9.89. The first kappa shape index (κ1) is 23.5. The van der Waals surface area contributed by atoms with Crippen LogP contribution in [-0.2, 0) is 15.1 Å². The third-order valence-corrected chi connectivity index (χ3v) is 7.62. The van der Waals surface area contributed by atoms with Gasteiger partial charge >= 0.3 is 6.03 Å². The van der Waals surface area contributed by atoms with Gasteiger partial charge in [0.2, 0.25) is 0 Å². The van der Waals surface area contributed by atoms with E-state index in [0.29, 0.717) is 43.8 Å². The highest BCUT2D eigenvalue weighted by Crippen LogP contribution is 2.41. The quantitative estimate of drug-likeness (QED) is 0.670. The van der Waals surface area contributed by atoms with Crippen molar-refractivity contribution in [1.29, 1.82) is 0 Å². The fourth-order valence-corrected chi connectivity index (χ4v) is 5.75. The van der Waals surface area contributed by atoms with Crippen molar-refractivity contribution in [2.75, 3.05) is 26.2 Å². The van der Waals surface area contributed by atoms with Gasteiger partial charge in [-0.05, 0) is 63.3 Å². The van der Waals surface area contributed by atoms with Crippen LogP contribution in [0, 0.1) is 19.8 Å². The molecule has 35 heavy (non-hydrogen) atoms. The van der Waals surface area contributed by atoms with Crippen molar-refractivity contribution in [3.63, 3.8) is 0 Å². The molecule has 0 saturated carbocycles. The highest BCUT2D eigenvalue weighted by Gasteiger charge is 2.58. The van der Waals surface area contributed by atoms with E-state index in [2.05, 4.69) is 10.3 Å². The summed E-state index contributed by atoms with van der Waals surface area (Å²) in [6, 6.07) is 10.9. The van der Waals surface area contributed by atoms with Gasteiger partial charge in [0.25, 0.3) is 11.8 Å². The molecule has 1 aromatic heterocycles. The molecule has 3 fully saturated rings. The minimum Gasteiger partial charge on any atom is -0.376 e. The number of amides is 4. The molecule has 3 aliphatic rings. The number of rotatable bonds is 5. The summed E-state index contributed by atoms with van der Waals surface area (Å²) in [7, 11) is 0. The minimum atomic E-state index is -1.23. The lowest BCUT2D eigenvalue weighted by Crippen LogP contribution is -2.54. The van der Waals surface area contributed by atoms with Gasteiger partial charge in [0.1, 0.15) is 0 Å². The van der Waals surface area contributed by atoms with E-state index in [-0.39, 0.29) is 30.4 Å². The molecule has 3 saturated heterocycles. The minimum absolute atomic E-state index is 0.00892. The second-order valence-electron chi connectivity index (χ2n) is 9.89. The van der Waals surface area contributed by atoms with Crippen molar-refractivity contribution in [2.24, 2.45) is 5.92 Å². The number of ether oxygens (including phenoxy) is 1. The normalized spacial score (nSPS) is 25.3. The third kappa shape index (κ3) is 4.20. The van der Waals surface area contributed by atoms with Crippen molar-refractivity contribution in [2.45, 2.75) is 51.2 Å². The predicted octanol–water partition coefficient (Wildman–Crippen LogP) is 3.18. The number of hydrogen-bond donors (Lipinski definition) is 1. The van der Waals surface area contributed by atoms with Crippen LogP contribution in [0.25, 0.3) is 0 Å². The SMILES string of the molecule is Cc1ccc(C(=O)N2CCC([C@]3(c4ccccn4)NC(=O)N(C[C@@H]4CCCO4)C3=O)CC2)c(C)c1. The standard InChI is InChI=1S/C27H32N4O4/c1-18-8-9-22(19(2)16-18)24(32)30-13-10-20(11-14-30)27(23-7-3-4-12-28-23)25(33)31(26(34)29-27)17-21-6-5-15-35-21/h3-4,7-9,12,16,20-21H,5-6,10-11,13-15,17H2,1-2H3,(H,29,34)/t21-,27+/m0/s1. The maximum atomic E-state index is 13.9. The highest BCUT2D eigenvalue weighted by atomic mass is 16.5. The van der Waals surface area contributed by atoms with Gasteiger partial charge in [-0.15, -0.1) is 0 Å². The topological polar surface area (TPSA) is 91.8 Å². The van der Waals surface area contributed by atoms with Crippen LogP contribution < -0.4 is 5.32 Å². The number of hydrogen-bond acceptors (Lipinski definition) is 5. The average Bonchev–Trinajstić information content (AvgIpc) is 3.47. The van der Waals surface area contributed by atoms with Crippen molar-refractivity contribution in [1.82, 2.24) is 20.1 Å². The number of carbonyl (C=O) groups is 3. The summed E-state index contributed by atoms with van der Waals surface area (Å²) < 4.78 is 5.70. The number of urea groups is 1. The molecule has 0 unspecified atom stereocenters. The summed E-state index contributed by atoms with van der Waals surface area (Å²) in [6.45, 7) is 5.91. The molecular formula is C27H32N4O4. The Hall–Kier alpha value is -3.26. The van der Waals surface area contributed by atoms with Gasteiger partial charge in [-0.1, -0.05) is 23.8 Å². The fraction of sp³-hybridized carbons (Fsp3) is 0.481. The molecule has 8 heteroatoms. The molecule has 0 aliphatic carbocycles. The Labute approximate surface area is 205 Å². The summed E-state index contributed by atoms with van der Waals surface area (Å²) in [5.41, 5.74) is 2.11. The van der Waals surface area contributed by atoms with Gasteiger partial charge in [0.05, 0.1) is 18.3 Å². The van der Waals surface area contributed by atoms with Gasteiger partial charge in [0.15, 0.2) is 5.54 Å². The Kier molecular flexibility index (Phi) is 6.32. The Morgan fingerprint density at radius 1 is 1.14 bits per heavy atom. The largest absolute Gasteiger partial charge is 0.376 e. The zero-order valence-corrected chi connectivity index (χ0v) is 20.3. The fourth-order valence-electron chi connectivity index (χ4n) is 5.75. The molecular weight excluding hydrogens is 444 g/mol. The van der Waals surface area contributed by atoms with E-state index in [4.69, 9.17) is 4.74 Å². The van der Waals surface area contributed by atoms with Crippen LogP contribution in [0.4, 0.5) is 4.79 Å². The lowest BCUT2D eigenvalue weighted by molar-refractivity contribution is -0.135. The molecule has 2 aromatic rings. The van der Waals surface area contributed by atoms with E-state index < -0.39 is 11.6 Å². The Morgan fingerprint density at radius 3 is 2.60 bits per heavy atom. The molecule has 4 amide bonds. The third-order valence-electron chi connectivity index (χ3n) is 7.62. The number of benzene rings is 1. The number of aromatic nitrogens is 1. The van der Waals surface area contributed by atoms with Gasteiger partial charge < -0.3 is 15.0 Å². The van der Waals surface area contributed by atoms with Crippen molar-refractivity contribution >= 4 is 17.8 Å². The molecule has 5 rings (SSSR count). The van der Waals surface area contributed by atoms with Gasteiger partial charge in [-0.3, -0.25) is 19.5 Å². The first-order valence-electron chi connectivity index (χ1n) is 12.4. The van der Waals surface area contributed by atoms with Gasteiger partial charge in [0, 0.05) is 37.4 Å². The predicted molar refractivity (Wildman–Crippen MR) is 130 cm³/mol. The lowest BCUT2D eigenvalue weighted by atomic mass is 9.75. The van der Waals surface area contributed by atoms with Crippen LogP contribution in [0.15, 0.2) is 42.6 Å². The highest BCUT2D eigenvalue weighted by molar-refractivity contribution is 6.07. The smallest absolute Gasteiger partial charge is 0.325 e. The van der Waals surface area contributed by atoms with Crippen LogP contribution >= 0.6 is 0 Å². The number of likely N-dealkylation sites (tertiary alicyclic amines) is 1. The first-order valence-corrected chi connectivity index (χ1v) is 12.4. The van der Waals surface area contributed by atoms with Gasteiger partial charge in [-0.2, -0.15) is 0 Å². The molecule has 1 aromatic carbocycles. The van der Waals surface area contributed by atoms with Crippen LogP contribution in [-0.4, -0.2) is 65.0 Å². The zero-order valence-electron chi connectivity index (χ0n) is 20.3. The van der Waals surface area contributed by atoms with Crippen LogP contribution in [0.2, 0.25) is 0 Å². The summed E-state index contributed by atoms with van der Waals surface area (Å²) in [5.74, 6) is -0.433. The Morgan fingerprint density at radius 2 is 1.94 bits per heavy atom. The van der Waals surface area contributed by atoms with Crippen LogP contribution in [0.5, 0.6) is 0 Å². The number of nitrogens with zero attached hydrogens (tertiary/aromatic N) is 3. The number of carbonyl (C=O) groups excluding carboxylic acids is 3. The average molecular weight is 477 g/mol. The van der Waals surface area contributed by atoms with E-state index >= 15 is 0 Å². The number of imide groups is 1. The molecule has 1 N–H and O–H groups in total. The van der Waals surface area contributed by atoms with E-state index in [9.17, 15) is 14.4 Å². The zero-order chi connectivity index (χ0) is 24.6. The maximum absolute atomic E-state index is 13.9. The summed E-state index contributed by atoms with van der Waals surface area (Å²) in [5, 5.41) is 3.03. The second kappa shape index (κ2) is 9.41. The van der Waals surface area contributed by atoms with E-state index in [1.165, 1.54) is 4.90 Å². The molecule has 8 nitrogen and oxygen atoms in total. The summed E-state index contributed by atoms with van der Waals surface area (Å²) in [4.78, 5) is 47.9.